The van der Waals surface area contributed by atoms with E-state index >= 15 is 0 Å². The molecule has 0 saturated heterocycles. The number of carbonyl (C=O) groups is 5. The number of nitrogens with one attached hydrogen (secondary N) is 4. The van der Waals surface area contributed by atoms with Crippen LogP contribution in [0.4, 0.5) is 0 Å². The number of carboxylic acids is 1. The van der Waals surface area contributed by atoms with Gasteiger partial charge in [-0.05, 0) is 70.9 Å². The van der Waals surface area contributed by atoms with Gasteiger partial charge in [0.15, 0.2) is 0 Å². The fourth-order valence-electron chi connectivity index (χ4n) is 5.22. The second-order valence-corrected chi connectivity index (χ2v) is 9.62. The predicted octanol–water partition coefficient (Wildman–Crippen LogP) is -0.396. The first kappa shape index (κ1) is 27.6. The molecule has 2 fully saturated rings. The zero-order valence-electron chi connectivity index (χ0n) is 20.2. The van der Waals surface area contributed by atoms with Crippen molar-refractivity contribution in [3.63, 3.8) is 0 Å². The summed E-state index contributed by atoms with van der Waals surface area (Å²) in [6.45, 7) is 1.85. The quantitative estimate of drug-likeness (QED) is 0.148. The van der Waals surface area contributed by atoms with E-state index in [0.29, 0.717) is 25.3 Å². The molecule has 5 unspecified atom stereocenters. The van der Waals surface area contributed by atoms with Crippen LogP contribution in [-0.4, -0.2) is 84.9 Å². The Labute approximate surface area is 200 Å². The van der Waals surface area contributed by atoms with Crippen LogP contribution in [0.3, 0.4) is 0 Å². The SMILES string of the molecule is CC(CC(=O)NC(CCCCN(C)C1CC2CCC1C2)C(=O)NCC(=O)O)NC(=O)CNC=O. The summed E-state index contributed by atoms with van der Waals surface area (Å²) in [7, 11) is 2.16. The summed E-state index contributed by atoms with van der Waals surface area (Å²) in [5.41, 5.74) is 0. The molecule has 2 aliphatic rings. The van der Waals surface area contributed by atoms with Gasteiger partial charge in [-0.2, -0.15) is 0 Å². The predicted molar refractivity (Wildman–Crippen MR) is 125 cm³/mol. The lowest BCUT2D eigenvalue weighted by atomic mass is 9.94. The highest BCUT2D eigenvalue weighted by molar-refractivity contribution is 5.89. The molecule has 0 aromatic rings. The van der Waals surface area contributed by atoms with Gasteiger partial charge in [0.25, 0.3) is 0 Å². The maximum absolute atomic E-state index is 12.5. The largest absolute Gasteiger partial charge is 0.480 e. The van der Waals surface area contributed by atoms with Gasteiger partial charge in [-0.1, -0.05) is 6.42 Å². The van der Waals surface area contributed by atoms with Crippen LogP contribution in [0.25, 0.3) is 0 Å². The van der Waals surface area contributed by atoms with Gasteiger partial charge in [0.2, 0.25) is 24.1 Å². The van der Waals surface area contributed by atoms with E-state index in [4.69, 9.17) is 5.11 Å². The van der Waals surface area contributed by atoms with Gasteiger partial charge in [-0.15, -0.1) is 0 Å². The van der Waals surface area contributed by atoms with E-state index < -0.39 is 42.3 Å². The van der Waals surface area contributed by atoms with E-state index in [1.54, 1.807) is 6.92 Å². The average molecular weight is 482 g/mol. The van der Waals surface area contributed by atoms with Crippen LogP contribution in [-0.2, 0) is 24.0 Å². The molecule has 2 rings (SSSR count). The number of carbonyl (C=O) groups excluding carboxylic acids is 4. The third kappa shape index (κ3) is 9.28. The summed E-state index contributed by atoms with van der Waals surface area (Å²) in [5.74, 6) is -0.868. The Hall–Kier alpha value is -2.69. The highest BCUT2D eigenvalue weighted by atomic mass is 16.4. The zero-order chi connectivity index (χ0) is 25.1. The van der Waals surface area contributed by atoms with Crippen LogP contribution in [0.2, 0.25) is 0 Å². The standard InChI is InChI=1S/C23H39N5O6/c1-15(26-21(31)12-24-14-29)9-20(30)27-18(23(34)25-13-22(32)33)5-3-4-8-28(2)19-11-16-6-7-17(19)10-16/h14-19H,3-13H2,1-2H3,(H,24,29)(H,25,34)(H,26,31)(H,27,30)(H,32,33). The number of rotatable bonds is 16. The Morgan fingerprint density at radius 2 is 1.82 bits per heavy atom. The van der Waals surface area contributed by atoms with Crippen LogP contribution in [0, 0.1) is 11.8 Å². The van der Waals surface area contributed by atoms with Gasteiger partial charge in [-0.25, -0.2) is 0 Å². The number of aliphatic carboxylic acids is 1. The third-order valence-electron chi connectivity index (χ3n) is 6.83. The molecule has 0 aromatic heterocycles. The number of nitrogens with zero attached hydrogens (tertiary/aromatic N) is 1. The van der Waals surface area contributed by atoms with Crippen molar-refractivity contribution in [2.45, 2.75) is 76.4 Å². The van der Waals surface area contributed by atoms with Gasteiger partial charge in [0, 0.05) is 18.5 Å². The van der Waals surface area contributed by atoms with E-state index in [9.17, 15) is 24.0 Å². The molecule has 5 atom stereocenters. The van der Waals surface area contributed by atoms with E-state index in [1.807, 2.05) is 0 Å². The number of amides is 4. The Morgan fingerprint density at radius 1 is 1.06 bits per heavy atom. The second kappa shape index (κ2) is 13.9. The molecule has 0 aromatic carbocycles. The molecule has 0 aliphatic heterocycles. The van der Waals surface area contributed by atoms with Crippen molar-refractivity contribution in [2.24, 2.45) is 11.8 Å². The number of hydrogen-bond acceptors (Lipinski definition) is 6. The summed E-state index contributed by atoms with van der Waals surface area (Å²) < 4.78 is 0. The van der Waals surface area contributed by atoms with Gasteiger partial charge >= 0.3 is 5.97 Å². The average Bonchev–Trinajstić information content (AvgIpc) is 3.41. The van der Waals surface area contributed by atoms with Crippen molar-refractivity contribution in [1.29, 1.82) is 0 Å². The summed E-state index contributed by atoms with van der Waals surface area (Å²) in [6, 6.07) is -0.704. The van der Waals surface area contributed by atoms with Crippen LogP contribution >= 0.6 is 0 Å². The maximum atomic E-state index is 12.5. The van der Waals surface area contributed by atoms with Gasteiger partial charge in [0.05, 0.1) is 6.54 Å². The molecule has 11 heteroatoms. The van der Waals surface area contributed by atoms with Crippen LogP contribution in [0.15, 0.2) is 0 Å². The minimum atomic E-state index is -1.16. The molecule has 2 saturated carbocycles. The first-order chi connectivity index (χ1) is 16.2. The second-order valence-electron chi connectivity index (χ2n) is 9.62. The monoisotopic (exact) mass is 481 g/mol. The fraction of sp³-hybridized carbons (Fsp3) is 0.783. The van der Waals surface area contributed by atoms with Gasteiger partial charge in [-0.3, -0.25) is 24.0 Å². The van der Waals surface area contributed by atoms with Crippen LogP contribution in [0.5, 0.6) is 0 Å². The number of carboxylic acid groups (broad SMARTS) is 1. The molecular formula is C23H39N5O6. The van der Waals surface area contributed by atoms with Crippen LogP contribution in [0.1, 0.15) is 58.3 Å². The summed E-state index contributed by atoms with van der Waals surface area (Å²) >= 11 is 0. The highest BCUT2D eigenvalue weighted by Crippen LogP contribution is 2.46. The Balaban J connectivity index is 1.78. The van der Waals surface area contributed by atoms with Crippen LogP contribution < -0.4 is 21.3 Å². The maximum Gasteiger partial charge on any atom is 0.322 e. The molecule has 0 spiro atoms. The van der Waals surface area contributed by atoms with Crippen molar-refractivity contribution in [2.75, 3.05) is 26.7 Å². The lowest BCUT2D eigenvalue weighted by Gasteiger charge is -2.31. The summed E-state index contributed by atoms with van der Waals surface area (Å²) in [4.78, 5) is 60.1. The molecule has 5 N–H and O–H groups in total. The van der Waals surface area contributed by atoms with Gasteiger partial charge in [0.1, 0.15) is 12.6 Å². The van der Waals surface area contributed by atoms with Crippen molar-refractivity contribution in [3.05, 3.63) is 0 Å². The molecule has 34 heavy (non-hydrogen) atoms. The molecule has 0 heterocycles. The van der Waals surface area contributed by atoms with E-state index in [2.05, 4.69) is 33.2 Å². The molecule has 2 bridgehead atoms. The molecule has 2 aliphatic carbocycles. The summed E-state index contributed by atoms with van der Waals surface area (Å²) in [5, 5.41) is 18.7. The summed E-state index contributed by atoms with van der Waals surface area (Å²) in [6.07, 6.45) is 7.64. The van der Waals surface area contributed by atoms with Crippen molar-refractivity contribution >= 4 is 30.1 Å². The third-order valence-corrected chi connectivity index (χ3v) is 6.83. The van der Waals surface area contributed by atoms with E-state index in [1.165, 1.54) is 25.7 Å². The number of unbranched alkanes of at least 4 members (excludes halogenated alkanes) is 1. The van der Waals surface area contributed by atoms with E-state index in [0.717, 1.165) is 24.8 Å². The smallest absolute Gasteiger partial charge is 0.322 e. The number of hydrogen-bond donors (Lipinski definition) is 5. The molecule has 0 radical (unpaired) electrons. The Morgan fingerprint density at radius 3 is 2.44 bits per heavy atom. The highest BCUT2D eigenvalue weighted by Gasteiger charge is 2.41. The lowest BCUT2D eigenvalue weighted by Crippen LogP contribution is -2.49. The number of fused-ring (bicyclic) bond motifs is 2. The Kier molecular flexibility index (Phi) is 11.2. The fourth-order valence-corrected chi connectivity index (χ4v) is 5.22. The van der Waals surface area contributed by atoms with Crippen molar-refractivity contribution < 1.29 is 29.1 Å². The van der Waals surface area contributed by atoms with Crippen molar-refractivity contribution in [1.82, 2.24) is 26.2 Å². The minimum absolute atomic E-state index is 0.0531. The first-order valence-electron chi connectivity index (χ1n) is 12.1. The first-order valence-corrected chi connectivity index (χ1v) is 12.1. The zero-order valence-corrected chi connectivity index (χ0v) is 20.2. The molecule has 4 amide bonds. The molecule has 11 nitrogen and oxygen atoms in total. The Bertz CT molecular complexity index is 733. The topological polar surface area (TPSA) is 157 Å². The minimum Gasteiger partial charge on any atom is -0.480 e. The molecular weight excluding hydrogens is 442 g/mol. The van der Waals surface area contributed by atoms with E-state index in [-0.39, 0.29) is 13.0 Å². The lowest BCUT2D eigenvalue weighted by molar-refractivity contribution is -0.138. The normalized spacial score (nSPS) is 22.6. The van der Waals surface area contributed by atoms with Gasteiger partial charge < -0.3 is 31.3 Å². The molecule has 192 valence electrons. The van der Waals surface area contributed by atoms with Crippen molar-refractivity contribution in [3.8, 4) is 0 Å².